The molecule has 0 spiro atoms. The molecule has 0 bridgehead atoms. The van der Waals surface area contributed by atoms with E-state index in [9.17, 15) is 0 Å². The summed E-state index contributed by atoms with van der Waals surface area (Å²) in [4.78, 5) is 15.9. The zero-order valence-electron chi connectivity index (χ0n) is 33.6. The molecule has 0 N–H and O–H groups in total. The molecule has 0 unspecified atom stereocenters. The van der Waals surface area contributed by atoms with E-state index in [1.54, 1.807) is 0 Å². The number of pyridine rings is 2. The van der Waals surface area contributed by atoms with E-state index in [0.717, 1.165) is 50.8 Å². The predicted molar refractivity (Wildman–Crippen MR) is 226 cm³/mol. The molecule has 0 saturated heterocycles. The zero-order chi connectivity index (χ0) is 38.7. The average molecular weight is 829 g/mol. The van der Waals surface area contributed by atoms with Crippen molar-refractivity contribution in [3.05, 3.63) is 157 Å². The first-order chi connectivity index (χ1) is 26.1. The number of hydrogen-bond acceptors (Lipinski definition) is 6. The quantitative estimate of drug-likeness (QED) is 0.127. The van der Waals surface area contributed by atoms with Gasteiger partial charge in [-0.25, -0.2) is 4.98 Å². The fourth-order valence-corrected chi connectivity index (χ4v) is 7.07. The van der Waals surface area contributed by atoms with Gasteiger partial charge in [0.2, 0.25) is 0 Å². The number of fused-ring (bicyclic) bond motifs is 5. The molecule has 7 heteroatoms. The normalized spacial score (nSPS) is 13.8. The molecular formula is C49H48N5OPd-3. The fourth-order valence-electron chi connectivity index (χ4n) is 7.07. The Morgan fingerprint density at radius 3 is 1.95 bits per heavy atom. The maximum atomic E-state index is 6.59. The van der Waals surface area contributed by atoms with Crippen LogP contribution in [0.1, 0.15) is 79.0 Å². The molecule has 2 aliphatic rings. The Labute approximate surface area is 346 Å². The summed E-state index contributed by atoms with van der Waals surface area (Å²) in [5.74, 6) is 1.98. The summed E-state index contributed by atoms with van der Waals surface area (Å²) in [6.07, 6.45) is 9.83. The van der Waals surface area contributed by atoms with Crippen LogP contribution in [0.3, 0.4) is 0 Å². The van der Waals surface area contributed by atoms with E-state index in [1.807, 2.05) is 42.9 Å². The van der Waals surface area contributed by atoms with E-state index in [4.69, 9.17) is 9.72 Å². The van der Waals surface area contributed by atoms with Crippen molar-refractivity contribution in [2.45, 2.75) is 78.6 Å². The number of ether oxygens (including phenoxy) is 1. The van der Waals surface area contributed by atoms with Gasteiger partial charge in [-0.15, -0.1) is 48.3 Å². The van der Waals surface area contributed by atoms with Gasteiger partial charge in [0.1, 0.15) is 5.82 Å². The molecule has 0 atom stereocenters. The van der Waals surface area contributed by atoms with Crippen LogP contribution in [-0.2, 0) is 36.7 Å². The van der Waals surface area contributed by atoms with Crippen molar-refractivity contribution in [1.29, 1.82) is 0 Å². The van der Waals surface area contributed by atoms with Crippen molar-refractivity contribution in [3.63, 3.8) is 0 Å². The summed E-state index contributed by atoms with van der Waals surface area (Å²) in [6.45, 7) is 22.4. The number of rotatable bonds is 5. The Morgan fingerprint density at radius 1 is 0.589 bits per heavy atom. The summed E-state index contributed by atoms with van der Waals surface area (Å²) in [5, 5.41) is 0. The van der Waals surface area contributed by atoms with Gasteiger partial charge in [-0.1, -0.05) is 104 Å². The molecule has 2 aliphatic heterocycles. The molecule has 0 amide bonds. The Morgan fingerprint density at radius 2 is 1.25 bits per heavy atom. The van der Waals surface area contributed by atoms with Crippen molar-refractivity contribution in [1.82, 2.24) is 9.97 Å². The number of anilines is 5. The molecule has 0 fully saturated rings. The van der Waals surface area contributed by atoms with Crippen LogP contribution >= 0.6 is 0 Å². The third kappa shape index (κ3) is 7.63. The number of benzene rings is 4. The van der Waals surface area contributed by atoms with Crippen LogP contribution in [0.25, 0.3) is 22.3 Å². The monoisotopic (exact) mass is 828 g/mol. The molecular weight excluding hydrogens is 781 g/mol. The molecule has 56 heavy (non-hydrogen) atoms. The zero-order valence-corrected chi connectivity index (χ0v) is 35.1. The summed E-state index contributed by atoms with van der Waals surface area (Å²) >= 11 is 0. The Kier molecular flexibility index (Phi) is 10.2. The van der Waals surface area contributed by atoms with E-state index in [-0.39, 0.29) is 36.7 Å². The van der Waals surface area contributed by atoms with Gasteiger partial charge < -0.3 is 19.4 Å². The fraction of sp³-hybridized carbons (Fsp3) is 0.245. The minimum Gasteiger partial charge on any atom is -0.509 e. The third-order valence-electron chi connectivity index (χ3n) is 10.3. The van der Waals surface area contributed by atoms with E-state index in [1.165, 1.54) is 16.7 Å². The van der Waals surface area contributed by atoms with Crippen LogP contribution in [0, 0.1) is 18.8 Å². The van der Waals surface area contributed by atoms with E-state index in [2.05, 4.69) is 180 Å². The predicted octanol–water partition coefficient (Wildman–Crippen LogP) is 12.8. The summed E-state index contributed by atoms with van der Waals surface area (Å²) in [5.41, 5.74) is 11.9. The van der Waals surface area contributed by atoms with Gasteiger partial charge in [0.05, 0.1) is 5.69 Å². The van der Waals surface area contributed by atoms with E-state index >= 15 is 0 Å². The largest absolute Gasteiger partial charge is 0.509 e. The topological polar surface area (TPSA) is 44.7 Å². The third-order valence-corrected chi connectivity index (χ3v) is 10.3. The summed E-state index contributed by atoms with van der Waals surface area (Å²) < 4.78 is 6.59. The van der Waals surface area contributed by atoms with Crippen molar-refractivity contribution >= 4 is 28.6 Å². The molecule has 0 aliphatic carbocycles. The van der Waals surface area contributed by atoms with E-state index < -0.39 is 0 Å². The van der Waals surface area contributed by atoms with Gasteiger partial charge in [0.15, 0.2) is 0 Å². The average Bonchev–Trinajstić information content (AvgIpc) is 3.61. The van der Waals surface area contributed by atoms with Crippen LogP contribution < -0.4 is 19.4 Å². The Hall–Kier alpha value is -5.22. The van der Waals surface area contributed by atoms with Crippen LogP contribution in [0.5, 0.6) is 11.5 Å². The first kappa shape index (κ1) is 39.0. The number of nitrogens with zero attached hydrogens (tertiary/aromatic N) is 5. The second-order valence-electron chi connectivity index (χ2n) is 17.5. The van der Waals surface area contributed by atoms with Gasteiger partial charge in [0.25, 0.3) is 0 Å². The molecule has 288 valence electrons. The first-order valence-electron chi connectivity index (χ1n) is 19.0. The molecule has 6 aromatic rings. The second kappa shape index (κ2) is 14.7. The molecule has 8 rings (SSSR count). The second-order valence-corrected chi connectivity index (χ2v) is 17.5. The van der Waals surface area contributed by atoms with Crippen LogP contribution in [0.4, 0.5) is 28.6 Å². The molecule has 2 aromatic heterocycles. The van der Waals surface area contributed by atoms with Gasteiger partial charge in [-0.2, -0.15) is 12.1 Å². The Balaban J connectivity index is 0.00000480. The van der Waals surface area contributed by atoms with Crippen molar-refractivity contribution in [2.24, 2.45) is 0 Å². The standard InChI is InChI=1S/C49H48N5O.Pd/c1-47(2,3)33-19-22-51-46(28-33)54-44-20-21-50-31-43(44)41-16-11-10-15-40(41)42-18-17-39(30-45(42)54)55-38-14-12-13-36(29-38)52-23-24-53(32-52)37-26-34(48(4,5)6)25-35(27-37)49(7,8)9;/h10-28,31-32H,1-9H3;/q-3;. The maximum absolute atomic E-state index is 6.59. The van der Waals surface area contributed by atoms with Crippen molar-refractivity contribution < 1.29 is 25.2 Å². The van der Waals surface area contributed by atoms with Gasteiger partial charge in [-0.05, 0) is 81.2 Å². The van der Waals surface area contributed by atoms with Crippen LogP contribution in [0.2, 0.25) is 0 Å². The molecule has 4 aromatic carbocycles. The van der Waals surface area contributed by atoms with Crippen molar-refractivity contribution in [3.8, 4) is 33.8 Å². The van der Waals surface area contributed by atoms with Crippen LogP contribution in [-0.4, -0.2) is 9.97 Å². The SMILES string of the molecule is CC(C)(C)c1cc(N2C=CN(c3[c-]c(Oc4[c-]c5c(cc4)-c4ccccc4-c4cnccc4N5c4cc(C(C)(C)C)ccn4)ccc3)[CH-]2)cc(C(C)(C)C)c1.[Pd]. The minimum absolute atomic E-state index is 0. The summed E-state index contributed by atoms with van der Waals surface area (Å²) in [6, 6.07) is 39.0. The number of aromatic nitrogens is 2. The van der Waals surface area contributed by atoms with Gasteiger partial charge >= 0.3 is 0 Å². The minimum atomic E-state index is -0.0588. The molecule has 6 nitrogen and oxygen atoms in total. The van der Waals surface area contributed by atoms with E-state index in [0.29, 0.717) is 11.5 Å². The first-order valence-corrected chi connectivity index (χ1v) is 19.0. The maximum Gasteiger partial charge on any atom is 0.135 e. The summed E-state index contributed by atoms with van der Waals surface area (Å²) in [7, 11) is 0. The van der Waals surface area contributed by atoms with Gasteiger partial charge in [0, 0.05) is 61.8 Å². The van der Waals surface area contributed by atoms with Crippen molar-refractivity contribution in [2.75, 3.05) is 14.7 Å². The molecule has 0 radical (unpaired) electrons. The Bertz CT molecular complexity index is 2400. The number of hydrogen-bond donors (Lipinski definition) is 0. The smallest absolute Gasteiger partial charge is 0.135 e. The van der Waals surface area contributed by atoms with Gasteiger partial charge in [-0.3, -0.25) is 4.98 Å². The molecule has 4 heterocycles. The van der Waals surface area contributed by atoms with Crippen LogP contribution in [0.15, 0.2) is 122 Å². The molecule has 0 saturated carbocycles.